The first-order chi connectivity index (χ1) is 11.5. The average Bonchev–Trinajstić information content (AvgIpc) is 3.07. The molecule has 5 atom stereocenters. The molecule has 0 radical (unpaired) electrons. The zero-order valence-corrected chi connectivity index (χ0v) is 13.1. The lowest BCUT2D eigenvalue weighted by Crippen LogP contribution is -2.38. The van der Waals surface area contributed by atoms with Gasteiger partial charge in [-0.1, -0.05) is 13.3 Å². The molecule has 9 heteroatoms. The molecule has 1 fully saturated rings. The van der Waals surface area contributed by atoms with Crippen molar-refractivity contribution in [3.63, 3.8) is 0 Å². The maximum absolute atomic E-state index is 10.3. The van der Waals surface area contributed by atoms with E-state index in [-0.39, 0.29) is 11.4 Å². The third-order valence-electron chi connectivity index (χ3n) is 4.27. The van der Waals surface area contributed by atoms with E-state index in [0.717, 1.165) is 0 Å². The Kier molecular flexibility index (Phi) is 4.38. The summed E-state index contributed by atoms with van der Waals surface area (Å²) in [4.78, 5) is 7.97. The van der Waals surface area contributed by atoms with Gasteiger partial charge in [-0.3, -0.25) is 0 Å². The van der Waals surface area contributed by atoms with Crippen molar-refractivity contribution in [3.8, 4) is 6.07 Å². The van der Waals surface area contributed by atoms with Crippen molar-refractivity contribution in [2.75, 3.05) is 5.73 Å². The number of rotatable bonds is 4. The second-order valence-corrected chi connectivity index (χ2v) is 5.85. The molecule has 0 amide bonds. The standard InChI is InChI=1S/C15H19N5O4/c1-2-3-8(21)12-10(22)11(23)15(24-12)20-5-7(4-16)9-13(17)18-6-19-14(9)20/h5-6,8,10-12,15,21-23H,2-3H2,1H3,(H2,17,18,19)/t8?,10-,11+,12+,15+/m0/s1. The van der Waals surface area contributed by atoms with Crippen LogP contribution in [-0.4, -0.2) is 54.3 Å². The number of nitriles is 1. The van der Waals surface area contributed by atoms with E-state index in [9.17, 15) is 20.6 Å². The number of aliphatic hydroxyl groups excluding tert-OH is 3. The van der Waals surface area contributed by atoms with Crippen molar-refractivity contribution in [2.24, 2.45) is 0 Å². The van der Waals surface area contributed by atoms with E-state index in [4.69, 9.17) is 10.5 Å². The number of anilines is 1. The molecule has 0 saturated carbocycles. The lowest BCUT2D eigenvalue weighted by Gasteiger charge is -2.20. The van der Waals surface area contributed by atoms with Crippen LogP contribution in [0.5, 0.6) is 0 Å². The quantitative estimate of drug-likeness (QED) is 0.593. The number of hydrogen-bond donors (Lipinski definition) is 4. The smallest absolute Gasteiger partial charge is 0.164 e. The Hall–Kier alpha value is -2.25. The molecule has 9 nitrogen and oxygen atoms in total. The first-order valence-electron chi connectivity index (χ1n) is 7.70. The zero-order valence-electron chi connectivity index (χ0n) is 13.1. The molecule has 2 aromatic heterocycles. The van der Waals surface area contributed by atoms with E-state index in [1.807, 2.05) is 13.0 Å². The number of hydrogen-bond acceptors (Lipinski definition) is 8. The lowest BCUT2D eigenvalue weighted by atomic mass is 10.0. The number of aliphatic hydroxyl groups is 3. The Balaban J connectivity index is 2.02. The van der Waals surface area contributed by atoms with Crippen LogP contribution in [0.4, 0.5) is 5.82 Å². The third kappa shape index (κ3) is 2.50. The van der Waals surface area contributed by atoms with Crippen LogP contribution < -0.4 is 5.73 Å². The van der Waals surface area contributed by atoms with Crippen molar-refractivity contribution in [2.45, 2.75) is 50.4 Å². The summed E-state index contributed by atoms with van der Waals surface area (Å²) < 4.78 is 7.14. The van der Waals surface area contributed by atoms with Gasteiger partial charge in [0, 0.05) is 6.20 Å². The van der Waals surface area contributed by atoms with E-state index in [1.165, 1.54) is 17.1 Å². The zero-order chi connectivity index (χ0) is 17.4. The fraction of sp³-hybridized carbons (Fsp3) is 0.533. The summed E-state index contributed by atoms with van der Waals surface area (Å²) in [6.07, 6.45) is -1.50. The summed E-state index contributed by atoms with van der Waals surface area (Å²) in [6.45, 7) is 1.90. The van der Waals surface area contributed by atoms with Gasteiger partial charge in [0.2, 0.25) is 0 Å². The van der Waals surface area contributed by atoms with Crippen LogP contribution in [0.2, 0.25) is 0 Å². The number of nitrogens with zero attached hydrogens (tertiary/aromatic N) is 4. The van der Waals surface area contributed by atoms with Crippen LogP contribution in [0.15, 0.2) is 12.5 Å². The highest BCUT2D eigenvalue weighted by molar-refractivity contribution is 5.91. The molecule has 24 heavy (non-hydrogen) atoms. The van der Waals surface area contributed by atoms with Gasteiger partial charge in [0.15, 0.2) is 6.23 Å². The Bertz CT molecular complexity index is 786. The molecule has 3 heterocycles. The molecular formula is C15H19N5O4. The Morgan fingerprint density at radius 3 is 2.83 bits per heavy atom. The molecule has 128 valence electrons. The van der Waals surface area contributed by atoms with Gasteiger partial charge in [-0.2, -0.15) is 5.26 Å². The number of fused-ring (bicyclic) bond motifs is 1. The fourth-order valence-corrected chi connectivity index (χ4v) is 3.08. The summed E-state index contributed by atoms with van der Waals surface area (Å²) in [5.74, 6) is 0.144. The van der Waals surface area contributed by atoms with Crippen molar-refractivity contribution in [1.29, 1.82) is 5.26 Å². The Morgan fingerprint density at radius 2 is 2.17 bits per heavy atom. The Morgan fingerprint density at radius 1 is 1.42 bits per heavy atom. The van der Waals surface area contributed by atoms with Crippen LogP contribution >= 0.6 is 0 Å². The summed E-state index contributed by atoms with van der Waals surface area (Å²) in [7, 11) is 0. The van der Waals surface area contributed by atoms with Gasteiger partial charge in [0.05, 0.1) is 17.1 Å². The Labute approximate surface area is 137 Å². The monoisotopic (exact) mass is 333 g/mol. The van der Waals surface area contributed by atoms with Crippen molar-refractivity contribution >= 4 is 16.9 Å². The van der Waals surface area contributed by atoms with Gasteiger partial charge in [0.25, 0.3) is 0 Å². The van der Waals surface area contributed by atoms with Crippen LogP contribution in [-0.2, 0) is 4.74 Å². The second kappa shape index (κ2) is 6.33. The number of nitrogen functional groups attached to an aromatic ring is 1. The molecule has 0 spiro atoms. The highest BCUT2D eigenvalue weighted by atomic mass is 16.6. The van der Waals surface area contributed by atoms with E-state index >= 15 is 0 Å². The van der Waals surface area contributed by atoms with Crippen LogP contribution in [0.25, 0.3) is 11.0 Å². The summed E-state index contributed by atoms with van der Waals surface area (Å²) in [5, 5.41) is 40.3. The number of aromatic nitrogens is 3. The van der Waals surface area contributed by atoms with Crippen LogP contribution in [0.1, 0.15) is 31.6 Å². The molecule has 2 aromatic rings. The van der Waals surface area contributed by atoms with E-state index in [2.05, 4.69) is 9.97 Å². The third-order valence-corrected chi connectivity index (χ3v) is 4.27. The topological polar surface area (TPSA) is 150 Å². The van der Waals surface area contributed by atoms with Gasteiger partial charge in [0.1, 0.15) is 42.2 Å². The summed E-state index contributed by atoms with van der Waals surface area (Å²) in [6, 6.07) is 2.01. The van der Waals surface area contributed by atoms with E-state index < -0.39 is 30.6 Å². The molecule has 1 aliphatic rings. The predicted molar refractivity (Wildman–Crippen MR) is 83.5 cm³/mol. The molecule has 0 aliphatic carbocycles. The van der Waals surface area contributed by atoms with Gasteiger partial charge in [-0.15, -0.1) is 0 Å². The molecule has 1 unspecified atom stereocenters. The van der Waals surface area contributed by atoms with Gasteiger partial charge in [-0.05, 0) is 6.42 Å². The first kappa shape index (κ1) is 16.6. The molecule has 3 rings (SSSR count). The summed E-state index contributed by atoms with van der Waals surface area (Å²) >= 11 is 0. The average molecular weight is 333 g/mol. The molecular weight excluding hydrogens is 314 g/mol. The van der Waals surface area contributed by atoms with Crippen LogP contribution in [0, 0.1) is 11.3 Å². The second-order valence-electron chi connectivity index (χ2n) is 5.85. The normalized spacial score (nSPS) is 28.1. The predicted octanol–water partition coefficient (Wildman–Crippen LogP) is -0.335. The molecule has 0 bridgehead atoms. The van der Waals surface area contributed by atoms with Gasteiger partial charge >= 0.3 is 0 Å². The molecule has 1 saturated heterocycles. The minimum Gasteiger partial charge on any atom is -0.390 e. The largest absolute Gasteiger partial charge is 0.390 e. The van der Waals surface area contributed by atoms with Crippen molar-refractivity contribution in [3.05, 3.63) is 18.1 Å². The molecule has 5 N–H and O–H groups in total. The van der Waals surface area contributed by atoms with Crippen molar-refractivity contribution < 1.29 is 20.1 Å². The minimum absolute atomic E-state index is 0.144. The maximum atomic E-state index is 10.3. The number of ether oxygens (including phenoxy) is 1. The number of nitrogens with two attached hydrogens (primary N) is 1. The van der Waals surface area contributed by atoms with Crippen LogP contribution in [0.3, 0.4) is 0 Å². The molecule has 1 aliphatic heterocycles. The first-order valence-corrected chi connectivity index (χ1v) is 7.70. The highest BCUT2D eigenvalue weighted by Gasteiger charge is 2.47. The minimum atomic E-state index is -1.28. The summed E-state index contributed by atoms with van der Waals surface area (Å²) in [5.41, 5.74) is 6.38. The van der Waals surface area contributed by atoms with Gasteiger partial charge < -0.3 is 30.4 Å². The van der Waals surface area contributed by atoms with E-state index in [0.29, 0.717) is 23.9 Å². The SMILES string of the molecule is CCCC(O)[C@H]1O[C@@H](n2cc(C#N)c3c(N)ncnc32)[C@H](O)[C@@H]1O. The maximum Gasteiger partial charge on any atom is 0.164 e. The van der Waals surface area contributed by atoms with Gasteiger partial charge in [-0.25, -0.2) is 9.97 Å². The molecule has 0 aromatic carbocycles. The van der Waals surface area contributed by atoms with Crippen molar-refractivity contribution in [1.82, 2.24) is 14.5 Å². The highest BCUT2D eigenvalue weighted by Crippen LogP contribution is 2.35. The lowest BCUT2D eigenvalue weighted by molar-refractivity contribution is -0.0853. The fourth-order valence-electron chi connectivity index (χ4n) is 3.08. The van der Waals surface area contributed by atoms with E-state index in [1.54, 1.807) is 0 Å².